The molecule has 0 aliphatic heterocycles. The number of esters is 1. The molecule has 2 rings (SSSR count). The van der Waals surface area contributed by atoms with E-state index < -0.39 is 11.8 Å². The molecule has 2 aromatic carbocycles. The number of amides is 1. The maximum atomic E-state index is 13.5. The molecule has 0 saturated carbocycles. The maximum absolute atomic E-state index is 13.5. The molecule has 7 heteroatoms. The lowest BCUT2D eigenvalue weighted by Gasteiger charge is -2.22. The highest BCUT2D eigenvalue weighted by Gasteiger charge is 2.18. The van der Waals surface area contributed by atoms with Gasteiger partial charge in [0.05, 0.1) is 26.7 Å². The summed E-state index contributed by atoms with van der Waals surface area (Å²) in [6.07, 6.45) is 0.0530. The molecule has 6 nitrogen and oxygen atoms in total. The van der Waals surface area contributed by atoms with Crippen molar-refractivity contribution in [2.24, 2.45) is 0 Å². The number of nitrogens with zero attached hydrogens (tertiary/aromatic N) is 1. The van der Waals surface area contributed by atoms with Gasteiger partial charge in [0.1, 0.15) is 23.9 Å². The molecule has 0 saturated heterocycles. The van der Waals surface area contributed by atoms with E-state index in [0.29, 0.717) is 11.5 Å². The highest BCUT2D eigenvalue weighted by molar-refractivity contribution is 5.94. The molecule has 0 aromatic heterocycles. The van der Waals surface area contributed by atoms with Crippen molar-refractivity contribution in [1.29, 1.82) is 0 Å². The van der Waals surface area contributed by atoms with Gasteiger partial charge in [-0.25, -0.2) is 4.39 Å². The molecule has 0 aliphatic rings. The monoisotopic (exact) mass is 389 g/mol. The lowest BCUT2D eigenvalue weighted by molar-refractivity contribution is -0.143. The summed E-state index contributed by atoms with van der Waals surface area (Å²) in [6.45, 7) is 2.60. The molecule has 0 unspecified atom stereocenters. The van der Waals surface area contributed by atoms with Crippen LogP contribution in [0.15, 0.2) is 48.5 Å². The minimum absolute atomic E-state index is 0.0530. The summed E-state index contributed by atoms with van der Waals surface area (Å²) in [5.41, 5.74) is 0.216. The Morgan fingerprint density at radius 1 is 1.04 bits per heavy atom. The van der Waals surface area contributed by atoms with Crippen molar-refractivity contribution >= 4 is 11.9 Å². The Labute approximate surface area is 163 Å². The molecule has 0 N–H and O–H groups in total. The molecule has 1 amide bonds. The molecule has 0 fully saturated rings. The Kier molecular flexibility index (Phi) is 8.27. The van der Waals surface area contributed by atoms with Crippen LogP contribution in [0.1, 0.15) is 23.7 Å². The van der Waals surface area contributed by atoms with Crippen LogP contribution in [0.5, 0.6) is 11.5 Å². The Morgan fingerprint density at radius 3 is 2.39 bits per heavy atom. The standard InChI is InChI=1S/C21H24FNO5/c1-3-27-20(24)11-12-23(21(25)16-5-4-6-17(22)15-16)13-14-28-19-9-7-18(26-2)8-10-19/h4-10,15H,3,11-14H2,1-2H3. The van der Waals surface area contributed by atoms with Crippen molar-refractivity contribution in [3.05, 3.63) is 59.9 Å². The zero-order chi connectivity index (χ0) is 20.4. The number of halogens is 1. The molecular formula is C21H24FNO5. The van der Waals surface area contributed by atoms with Crippen LogP contribution in [-0.4, -0.2) is 50.2 Å². The Hall–Kier alpha value is -3.09. The van der Waals surface area contributed by atoms with Crippen molar-refractivity contribution in [2.75, 3.05) is 33.4 Å². The molecule has 0 atom stereocenters. The molecule has 2 aromatic rings. The van der Waals surface area contributed by atoms with E-state index in [9.17, 15) is 14.0 Å². The predicted octanol–water partition coefficient (Wildman–Crippen LogP) is 3.31. The second kappa shape index (κ2) is 10.9. The predicted molar refractivity (Wildman–Crippen MR) is 102 cm³/mol. The largest absolute Gasteiger partial charge is 0.497 e. The average Bonchev–Trinajstić information content (AvgIpc) is 2.70. The van der Waals surface area contributed by atoms with E-state index in [2.05, 4.69) is 0 Å². The molecular weight excluding hydrogens is 365 g/mol. The first-order chi connectivity index (χ1) is 13.5. The Morgan fingerprint density at radius 2 is 1.75 bits per heavy atom. The van der Waals surface area contributed by atoms with E-state index in [4.69, 9.17) is 14.2 Å². The van der Waals surface area contributed by atoms with Crippen LogP contribution in [-0.2, 0) is 9.53 Å². The second-order valence-corrected chi connectivity index (χ2v) is 5.88. The third-order valence-electron chi connectivity index (χ3n) is 3.94. The van der Waals surface area contributed by atoms with Gasteiger partial charge in [-0.3, -0.25) is 9.59 Å². The number of carbonyl (C=O) groups excluding carboxylic acids is 2. The summed E-state index contributed by atoms with van der Waals surface area (Å²) < 4.78 is 29.1. The van der Waals surface area contributed by atoms with Gasteiger partial charge in [0.25, 0.3) is 5.91 Å². The van der Waals surface area contributed by atoms with Crippen LogP contribution in [0.3, 0.4) is 0 Å². The van der Waals surface area contributed by atoms with Crippen LogP contribution in [0.2, 0.25) is 0 Å². The van der Waals surface area contributed by atoms with Gasteiger partial charge in [0.15, 0.2) is 0 Å². The first kappa shape index (κ1) is 21.2. The molecule has 0 spiro atoms. The molecule has 28 heavy (non-hydrogen) atoms. The molecule has 0 heterocycles. The summed E-state index contributed by atoms with van der Waals surface area (Å²) in [4.78, 5) is 25.8. The first-order valence-corrected chi connectivity index (χ1v) is 9.00. The van der Waals surface area contributed by atoms with Crippen LogP contribution >= 0.6 is 0 Å². The van der Waals surface area contributed by atoms with Crippen molar-refractivity contribution < 1.29 is 28.2 Å². The fourth-order valence-electron chi connectivity index (χ4n) is 2.52. The van der Waals surface area contributed by atoms with E-state index in [1.165, 1.54) is 29.2 Å². The van der Waals surface area contributed by atoms with Gasteiger partial charge in [-0.2, -0.15) is 0 Å². The third-order valence-corrected chi connectivity index (χ3v) is 3.94. The summed E-state index contributed by atoms with van der Waals surface area (Å²) in [6, 6.07) is 12.5. The Balaban J connectivity index is 1.99. The zero-order valence-electron chi connectivity index (χ0n) is 16.0. The summed E-state index contributed by atoms with van der Waals surface area (Å²) >= 11 is 0. The smallest absolute Gasteiger partial charge is 0.307 e. The minimum atomic E-state index is -0.495. The third kappa shape index (κ3) is 6.57. The van der Waals surface area contributed by atoms with E-state index in [1.54, 1.807) is 38.3 Å². The van der Waals surface area contributed by atoms with Crippen molar-refractivity contribution in [2.45, 2.75) is 13.3 Å². The summed E-state index contributed by atoms with van der Waals surface area (Å²) in [5.74, 6) is 0.0810. The zero-order valence-corrected chi connectivity index (χ0v) is 16.0. The topological polar surface area (TPSA) is 65.1 Å². The summed E-state index contributed by atoms with van der Waals surface area (Å²) in [7, 11) is 1.58. The molecule has 150 valence electrons. The van der Waals surface area contributed by atoms with Gasteiger partial charge in [-0.15, -0.1) is 0 Å². The van der Waals surface area contributed by atoms with Gasteiger partial charge < -0.3 is 19.1 Å². The van der Waals surface area contributed by atoms with Gasteiger partial charge in [-0.05, 0) is 49.4 Å². The number of ether oxygens (including phenoxy) is 3. The second-order valence-electron chi connectivity index (χ2n) is 5.88. The van der Waals surface area contributed by atoms with Gasteiger partial charge >= 0.3 is 5.97 Å². The number of rotatable bonds is 10. The van der Waals surface area contributed by atoms with Crippen molar-refractivity contribution in [3.8, 4) is 11.5 Å². The number of methoxy groups -OCH3 is 1. The maximum Gasteiger partial charge on any atom is 0.307 e. The Bertz CT molecular complexity index is 779. The highest BCUT2D eigenvalue weighted by Crippen LogP contribution is 2.17. The molecule has 0 radical (unpaired) electrons. The van der Waals surface area contributed by atoms with Crippen LogP contribution in [0.25, 0.3) is 0 Å². The first-order valence-electron chi connectivity index (χ1n) is 9.00. The van der Waals surface area contributed by atoms with Crippen molar-refractivity contribution in [3.63, 3.8) is 0 Å². The summed E-state index contributed by atoms with van der Waals surface area (Å²) in [5, 5.41) is 0. The molecule has 0 bridgehead atoms. The SMILES string of the molecule is CCOC(=O)CCN(CCOc1ccc(OC)cc1)C(=O)c1cccc(F)c1. The van der Waals surface area contributed by atoms with Crippen LogP contribution < -0.4 is 9.47 Å². The fraction of sp³-hybridized carbons (Fsp3) is 0.333. The lowest BCUT2D eigenvalue weighted by atomic mass is 10.2. The van der Waals surface area contributed by atoms with Gasteiger partial charge in [0.2, 0.25) is 0 Å². The van der Waals surface area contributed by atoms with Crippen molar-refractivity contribution in [1.82, 2.24) is 4.90 Å². The van der Waals surface area contributed by atoms with E-state index >= 15 is 0 Å². The fourth-order valence-corrected chi connectivity index (χ4v) is 2.52. The van der Waals surface area contributed by atoms with E-state index in [-0.39, 0.29) is 44.2 Å². The van der Waals surface area contributed by atoms with E-state index in [1.807, 2.05) is 0 Å². The van der Waals surface area contributed by atoms with E-state index in [0.717, 1.165) is 0 Å². The number of hydrogen-bond acceptors (Lipinski definition) is 5. The number of carbonyl (C=O) groups is 2. The molecule has 0 aliphatic carbocycles. The van der Waals surface area contributed by atoms with Crippen LogP contribution in [0, 0.1) is 5.82 Å². The quantitative estimate of drug-likeness (QED) is 0.584. The number of hydrogen-bond donors (Lipinski definition) is 0. The van der Waals surface area contributed by atoms with Gasteiger partial charge in [0, 0.05) is 12.1 Å². The average molecular weight is 389 g/mol. The highest BCUT2D eigenvalue weighted by atomic mass is 19.1. The van der Waals surface area contributed by atoms with Gasteiger partial charge in [-0.1, -0.05) is 6.07 Å². The lowest BCUT2D eigenvalue weighted by Crippen LogP contribution is -2.36. The van der Waals surface area contributed by atoms with Crippen LogP contribution in [0.4, 0.5) is 4.39 Å². The minimum Gasteiger partial charge on any atom is -0.497 e. The number of benzene rings is 2. The normalized spacial score (nSPS) is 10.2.